The van der Waals surface area contributed by atoms with Crippen molar-refractivity contribution in [3.8, 4) is 0 Å². The number of anilines is 1. The number of carbonyl (C=O) groups excluding carboxylic acids is 3. The number of hydroxylamine groups is 1. The second-order valence-corrected chi connectivity index (χ2v) is 6.56. The first-order valence-electron chi connectivity index (χ1n) is 8.55. The van der Waals surface area contributed by atoms with Crippen LogP contribution in [0.3, 0.4) is 0 Å². The molecule has 0 aliphatic heterocycles. The van der Waals surface area contributed by atoms with E-state index in [1.54, 1.807) is 43.3 Å². The van der Waals surface area contributed by atoms with E-state index in [-0.39, 0.29) is 18.7 Å². The molecule has 0 bridgehead atoms. The fourth-order valence-electron chi connectivity index (χ4n) is 2.55. The third-order valence-electron chi connectivity index (χ3n) is 4.05. The third-order valence-corrected chi connectivity index (χ3v) is 4.32. The zero-order chi connectivity index (χ0) is 20.7. The quantitative estimate of drug-likeness (QED) is 0.517. The maximum atomic E-state index is 14.1. The lowest BCUT2D eigenvalue weighted by Gasteiger charge is -2.16. The predicted molar refractivity (Wildman–Crippen MR) is 103 cm³/mol. The standard InChI is InChI=1S/C20H20ClFN2O4/c1-12-15(10-16(11-17(12)22)23-13(2)25)8-9-18(19(21)26)24-28-20(27)14-6-4-3-5-7-14/h3-7,10-11,18,24H,8-9H2,1-2H3,(H,23,25)/t18-/m0/s1. The predicted octanol–water partition coefficient (Wildman–Crippen LogP) is 3.52. The molecule has 6 nitrogen and oxygen atoms in total. The van der Waals surface area contributed by atoms with E-state index in [1.807, 2.05) is 0 Å². The van der Waals surface area contributed by atoms with Gasteiger partial charge >= 0.3 is 5.97 Å². The van der Waals surface area contributed by atoms with Gasteiger partial charge in [0.05, 0.1) is 5.56 Å². The molecule has 0 aliphatic carbocycles. The maximum Gasteiger partial charge on any atom is 0.356 e. The van der Waals surface area contributed by atoms with Crippen molar-refractivity contribution in [1.29, 1.82) is 0 Å². The Morgan fingerprint density at radius 2 is 1.86 bits per heavy atom. The van der Waals surface area contributed by atoms with Crippen molar-refractivity contribution in [2.24, 2.45) is 0 Å². The van der Waals surface area contributed by atoms with Crippen molar-refractivity contribution in [3.05, 3.63) is 65.0 Å². The van der Waals surface area contributed by atoms with Crippen molar-refractivity contribution < 1.29 is 23.6 Å². The molecule has 0 saturated heterocycles. The topological polar surface area (TPSA) is 84.5 Å². The molecule has 0 heterocycles. The summed E-state index contributed by atoms with van der Waals surface area (Å²) < 4.78 is 14.1. The molecule has 0 fully saturated rings. The second kappa shape index (κ2) is 9.96. The molecule has 8 heteroatoms. The lowest BCUT2D eigenvalue weighted by molar-refractivity contribution is -0.116. The molecule has 148 valence electrons. The number of aryl methyl sites for hydroxylation is 1. The van der Waals surface area contributed by atoms with Crippen LogP contribution >= 0.6 is 11.6 Å². The smallest absolute Gasteiger partial charge is 0.356 e. The first-order chi connectivity index (χ1) is 13.3. The van der Waals surface area contributed by atoms with Crippen molar-refractivity contribution in [2.45, 2.75) is 32.7 Å². The van der Waals surface area contributed by atoms with Crippen LogP contribution in [0.1, 0.15) is 34.8 Å². The summed E-state index contributed by atoms with van der Waals surface area (Å²) in [5, 5.41) is 1.79. The fraction of sp³-hybridized carbons (Fsp3) is 0.250. The number of nitrogens with one attached hydrogen (secondary N) is 2. The van der Waals surface area contributed by atoms with Gasteiger partial charge in [-0.05, 0) is 66.8 Å². The summed E-state index contributed by atoms with van der Waals surface area (Å²) in [5.74, 6) is -1.45. The van der Waals surface area contributed by atoms with E-state index in [9.17, 15) is 18.8 Å². The Bertz CT molecular complexity index is 874. The summed E-state index contributed by atoms with van der Waals surface area (Å²) in [6.07, 6.45) is 0.434. The number of benzene rings is 2. The van der Waals surface area contributed by atoms with Crippen molar-refractivity contribution in [3.63, 3.8) is 0 Å². The summed E-state index contributed by atoms with van der Waals surface area (Å²) in [5.41, 5.74) is 4.01. The lowest BCUT2D eigenvalue weighted by Crippen LogP contribution is -2.36. The molecule has 0 spiro atoms. The molecule has 1 amide bonds. The Hall–Kier alpha value is -2.77. The minimum Gasteiger partial charge on any atom is -0.366 e. The third kappa shape index (κ3) is 6.14. The van der Waals surface area contributed by atoms with Gasteiger partial charge in [0.1, 0.15) is 11.9 Å². The van der Waals surface area contributed by atoms with Crippen LogP contribution in [-0.4, -0.2) is 23.2 Å². The van der Waals surface area contributed by atoms with Crippen LogP contribution < -0.4 is 10.8 Å². The van der Waals surface area contributed by atoms with Gasteiger partial charge in [0.25, 0.3) is 0 Å². The number of halogens is 2. The number of amides is 1. The normalized spacial score (nSPS) is 11.6. The number of carbonyl (C=O) groups is 3. The monoisotopic (exact) mass is 406 g/mol. The zero-order valence-corrected chi connectivity index (χ0v) is 16.2. The Morgan fingerprint density at radius 3 is 2.46 bits per heavy atom. The second-order valence-electron chi connectivity index (χ2n) is 6.19. The first kappa shape index (κ1) is 21.5. The van der Waals surface area contributed by atoms with Gasteiger partial charge in [0.2, 0.25) is 11.1 Å². The van der Waals surface area contributed by atoms with Crippen LogP contribution in [0.2, 0.25) is 0 Å². The molecular formula is C20H20ClFN2O4. The largest absolute Gasteiger partial charge is 0.366 e. The summed E-state index contributed by atoms with van der Waals surface area (Å²) in [6, 6.07) is 10.1. The van der Waals surface area contributed by atoms with Gasteiger partial charge in [-0.15, -0.1) is 5.48 Å². The van der Waals surface area contributed by atoms with Gasteiger partial charge in [0, 0.05) is 12.6 Å². The zero-order valence-electron chi connectivity index (χ0n) is 15.4. The van der Waals surface area contributed by atoms with Crippen LogP contribution in [-0.2, 0) is 20.8 Å². The minimum atomic E-state index is -0.971. The molecule has 2 aromatic carbocycles. The van der Waals surface area contributed by atoms with Gasteiger partial charge in [-0.25, -0.2) is 9.18 Å². The molecule has 2 rings (SSSR count). The average Bonchev–Trinajstić information content (AvgIpc) is 2.65. The SMILES string of the molecule is CC(=O)Nc1cc(F)c(C)c(CC[C@H](NOC(=O)c2ccccc2)C(=O)Cl)c1. The number of rotatable bonds is 8. The molecule has 0 radical (unpaired) electrons. The molecular weight excluding hydrogens is 387 g/mol. The summed E-state index contributed by atoms with van der Waals surface area (Å²) >= 11 is 5.59. The Kier molecular flexibility index (Phi) is 7.66. The van der Waals surface area contributed by atoms with E-state index in [4.69, 9.17) is 16.4 Å². The summed E-state index contributed by atoms with van der Waals surface area (Å²) in [7, 11) is 0. The van der Waals surface area contributed by atoms with Crippen molar-refractivity contribution in [2.75, 3.05) is 5.32 Å². The molecule has 0 aromatic heterocycles. The molecule has 1 atom stereocenters. The van der Waals surface area contributed by atoms with Gasteiger partial charge < -0.3 is 10.2 Å². The number of hydrogen-bond donors (Lipinski definition) is 2. The van der Waals surface area contributed by atoms with Crippen LogP contribution in [0.25, 0.3) is 0 Å². The Balaban J connectivity index is 2.03. The minimum absolute atomic E-state index is 0.161. The van der Waals surface area contributed by atoms with E-state index >= 15 is 0 Å². The first-order valence-corrected chi connectivity index (χ1v) is 8.93. The highest BCUT2D eigenvalue weighted by molar-refractivity contribution is 6.64. The molecule has 0 aliphatic rings. The van der Waals surface area contributed by atoms with Crippen molar-refractivity contribution >= 4 is 34.4 Å². The van der Waals surface area contributed by atoms with Crippen LogP contribution in [0.5, 0.6) is 0 Å². The van der Waals surface area contributed by atoms with E-state index in [1.165, 1.54) is 13.0 Å². The number of hydrogen-bond acceptors (Lipinski definition) is 5. The highest BCUT2D eigenvalue weighted by Gasteiger charge is 2.20. The molecule has 0 saturated carbocycles. The van der Waals surface area contributed by atoms with Gasteiger partial charge in [-0.3, -0.25) is 9.59 Å². The van der Waals surface area contributed by atoms with Gasteiger partial charge in [-0.1, -0.05) is 18.2 Å². The molecule has 0 unspecified atom stereocenters. The Labute approximate surface area is 167 Å². The van der Waals surface area contributed by atoms with E-state index in [0.717, 1.165) is 0 Å². The van der Waals surface area contributed by atoms with Gasteiger partial charge in [-0.2, -0.15) is 0 Å². The van der Waals surface area contributed by atoms with Gasteiger partial charge in [0.15, 0.2) is 0 Å². The molecule has 2 aromatic rings. The van der Waals surface area contributed by atoms with E-state index < -0.39 is 23.1 Å². The summed E-state index contributed by atoms with van der Waals surface area (Å²) in [6.45, 7) is 2.92. The van der Waals surface area contributed by atoms with Crippen LogP contribution in [0, 0.1) is 12.7 Å². The average molecular weight is 407 g/mol. The van der Waals surface area contributed by atoms with Crippen molar-refractivity contribution in [1.82, 2.24) is 5.48 Å². The van der Waals surface area contributed by atoms with E-state index in [0.29, 0.717) is 22.4 Å². The van der Waals surface area contributed by atoms with Crippen LogP contribution in [0.4, 0.5) is 10.1 Å². The van der Waals surface area contributed by atoms with Crippen LogP contribution in [0.15, 0.2) is 42.5 Å². The highest BCUT2D eigenvalue weighted by Crippen LogP contribution is 2.21. The fourth-order valence-corrected chi connectivity index (χ4v) is 2.70. The highest BCUT2D eigenvalue weighted by atomic mass is 35.5. The maximum absolute atomic E-state index is 14.1. The lowest BCUT2D eigenvalue weighted by atomic mass is 10.00. The molecule has 28 heavy (non-hydrogen) atoms. The summed E-state index contributed by atoms with van der Waals surface area (Å²) in [4.78, 5) is 39.8. The Morgan fingerprint density at radius 1 is 1.18 bits per heavy atom. The van der Waals surface area contributed by atoms with E-state index in [2.05, 4.69) is 10.8 Å². The molecule has 2 N–H and O–H groups in total.